The van der Waals surface area contributed by atoms with E-state index in [1.54, 1.807) is 6.21 Å². The van der Waals surface area contributed by atoms with Crippen LogP contribution in [0.5, 0.6) is 0 Å². The molecule has 0 unspecified atom stereocenters. The van der Waals surface area contributed by atoms with Crippen LogP contribution >= 0.6 is 12.2 Å². The fourth-order valence-corrected chi connectivity index (χ4v) is 1.44. The van der Waals surface area contributed by atoms with Crippen LogP contribution in [-0.2, 0) is 0 Å². The highest BCUT2D eigenvalue weighted by atomic mass is 32.1. The molecule has 3 nitrogen and oxygen atoms in total. The Morgan fingerprint density at radius 2 is 2.06 bits per heavy atom. The fraction of sp³-hybridized carbons (Fsp3) is 0.231. The van der Waals surface area contributed by atoms with Gasteiger partial charge in [0.25, 0.3) is 0 Å². The lowest BCUT2D eigenvalue weighted by atomic mass is 10.1. The zero-order valence-electron chi connectivity index (χ0n) is 10.1. The van der Waals surface area contributed by atoms with Crippen molar-refractivity contribution in [3.8, 4) is 0 Å². The Hall–Kier alpha value is -1.68. The van der Waals surface area contributed by atoms with E-state index in [4.69, 9.17) is 12.2 Å². The van der Waals surface area contributed by atoms with Gasteiger partial charge < -0.3 is 5.32 Å². The van der Waals surface area contributed by atoms with Crippen molar-refractivity contribution in [3.63, 3.8) is 0 Å². The Kier molecular flexibility index (Phi) is 5.96. The van der Waals surface area contributed by atoms with Crippen molar-refractivity contribution in [1.29, 1.82) is 0 Å². The monoisotopic (exact) mass is 247 g/mol. The minimum absolute atomic E-state index is 0.538. The molecule has 0 fully saturated rings. The summed E-state index contributed by atoms with van der Waals surface area (Å²) in [5.41, 5.74) is 4.97. The number of hydrazone groups is 1. The zero-order chi connectivity index (χ0) is 12.5. The van der Waals surface area contributed by atoms with Gasteiger partial charge in [0, 0.05) is 6.54 Å². The molecule has 1 aromatic rings. The summed E-state index contributed by atoms with van der Waals surface area (Å²) >= 11 is 4.98. The summed E-state index contributed by atoms with van der Waals surface area (Å²) in [6, 6.07) is 10.1. The third-order valence-corrected chi connectivity index (χ3v) is 2.20. The molecular formula is C13H17N3S. The fourth-order valence-electron chi connectivity index (χ4n) is 1.24. The van der Waals surface area contributed by atoms with Crippen LogP contribution in [-0.4, -0.2) is 17.9 Å². The van der Waals surface area contributed by atoms with E-state index in [9.17, 15) is 0 Å². The summed E-state index contributed by atoms with van der Waals surface area (Å²) in [6.45, 7) is 4.77. The summed E-state index contributed by atoms with van der Waals surface area (Å²) in [5.74, 6) is 0. The molecule has 0 aromatic heterocycles. The molecule has 0 aliphatic heterocycles. The van der Waals surface area contributed by atoms with Crippen molar-refractivity contribution in [2.24, 2.45) is 5.10 Å². The molecule has 4 heteroatoms. The molecule has 0 atom stereocenters. The molecule has 0 saturated heterocycles. The molecule has 1 aromatic carbocycles. The van der Waals surface area contributed by atoms with Crippen LogP contribution in [0.4, 0.5) is 0 Å². The van der Waals surface area contributed by atoms with Gasteiger partial charge in [-0.05, 0) is 37.2 Å². The SMILES string of the molecule is CCNC(=S)NN=CC(C)=Cc1ccccc1. The quantitative estimate of drug-likeness (QED) is 0.488. The molecule has 0 radical (unpaired) electrons. The maximum absolute atomic E-state index is 4.98. The standard InChI is InChI=1S/C13H17N3S/c1-3-14-13(17)16-15-10-11(2)9-12-7-5-4-6-8-12/h4-10H,3H2,1-2H3,(H2,14,16,17). The molecule has 17 heavy (non-hydrogen) atoms. The predicted octanol–water partition coefficient (Wildman–Crippen LogP) is 2.56. The molecule has 90 valence electrons. The molecule has 0 saturated carbocycles. The molecule has 0 aliphatic rings. The number of benzene rings is 1. The number of nitrogens with one attached hydrogen (secondary N) is 2. The number of nitrogens with zero attached hydrogens (tertiary/aromatic N) is 1. The lowest BCUT2D eigenvalue weighted by Crippen LogP contribution is -2.31. The van der Waals surface area contributed by atoms with E-state index in [1.807, 2.05) is 44.2 Å². The van der Waals surface area contributed by atoms with Gasteiger partial charge in [-0.3, -0.25) is 5.43 Å². The number of allylic oxidation sites excluding steroid dienone is 1. The zero-order valence-corrected chi connectivity index (χ0v) is 10.9. The van der Waals surface area contributed by atoms with Gasteiger partial charge in [-0.1, -0.05) is 36.4 Å². The third-order valence-electron chi connectivity index (χ3n) is 1.97. The highest BCUT2D eigenvalue weighted by Crippen LogP contribution is 2.04. The average molecular weight is 247 g/mol. The average Bonchev–Trinajstić information content (AvgIpc) is 2.30. The molecule has 0 spiro atoms. The second kappa shape index (κ2) is 7.57. The van der Waals surface area contributed by atoms with Crippen LogP contribution in [0.2, 0.25) is 0 Å². The number of thiocarbonyl (C=S) groups is 1. The van der Waals surface area contributed by atoms with Crippen LogP contribution in [0.3, 0.4) is 0 Å². The van der Waals surface area contributed by atoms with Crippen molar-refractivity contribution < 1.29 is 0 Å². The first-order valence-corrected chi connectivity index (χ1v) is 5.93. The van der Waals surface area contributed by atoms with Gasteiger partial charge >= 0.3 is 0 Å². The van der Waals surface area contributed by atoms with Gasteiger partial charge in [-0.2, -0.15) is 5.10 Å². The van der Waals surface area contributed by atoms with Gasteiger partial charge in [-0.15, -0.1) is 0 Å². The molecule has 0 heterocycles. The van der Waals surface area contributed by atoms with E-state index in [1.165, 1.54) is 0 Å². The van der Waals surface area contributed by atoms with E-state index in [-0.39, 0.29) is 0 Å². The molecule has 0 aliphatic carbocycles. The maximum atomic E-state index is 4.98. The van der Waals surface area contributed by atoms with Gasteiger partial charge in [-0.25, -0.2) is 0 Å². The first-order chi connectivity index (χ1) is 8.22. The third kappa shape index (κ3) is 5.82. The highest BCUT2D eigenvalue weighted by molar-refractivity contribution is 7.80. The van der Waals surface area contributed by atoms with Crippen molar-refractivity contribution in [2.45, 2.75) is 13.8 Å². The van der Waals surface area contributed by atoms with Gasteiger partial charge in [0.15, 0.2) is 5.11 Å². The van der Waals surface area contributed by atoms with Crippen LogP contribution < -0.4 is 10.7 Å². The summed E-state index contributed by atoms with van der Waals surface area (Å²) in [5, 5.41) is 7.53. The maximum Gasteiger partial charge on any atom is 0.186 e. The van der Waals surface area contributed by atoms with Crippen molar-refractivity contribution in [3.05, 3.63) is 41.5 Å². The normalized spacial score (nSPS) is 11.5. The Bertz CT molecular complexity index is 410. The first-order valence-electron chi connectivity index (χ1n) is 5.52. The summed E-state index contributed by atoms with van der Waals surface area (Å²) < 4.78 is 0. The van der Waals surface area contributed by atoms with Crippen molar-refractivity contribution in [2.75, 3.05) is 6.54 Å². The number of hydrogen-bond donors (Lipinski definition) is 2. The van der Waals surface area contributed by atoms with Crippen LogP contribution in [0.15, 0.2) is 41.0 Å². The van der Waals surface area contributed by atoms with E-state index in [2.05, 4.69) is 21.9 Å². The molecule has 1 rings (SSSR count). The van der Waals surface area contributed by atoms with Gasteiger partial charge in [0.2, 0.25) is 0 Å². The van der Waals surface area contributed by atoms with Crippen molar-refractivity contribution >= 4 is 29.6 Å². The topological polar surface area (TPSA) is 36.4 Å². The lowest BCUT2D eigenvalue weighted by molar-refractivity contribution is 0.904. The van der Waals surface area contributed by atoms with Gasteiger partial charge in [0.05, 0.1) is 6.21 Å². The molecular weight excluding hydrogens is 230 g/mol. The summed E-state index contributed by atoms with van der Waals surface area (Å²) in [6.07, 6.45) is 3.80. The first kappa shape index (κ1) is 13.4. The van der Waals surface area contributed by atoms with E-state index >= 15 is 0 Å². The summed E-state index contributed by atoms with van der Waals surface area (Å²) in [4.78, 5) is 0. The Balaban J connectivity index is 2.49. The van der Waals surface area contributed by atoms with Gasteiger partial charge in [0.1, 0.15) is 0 Å². The van der Waals surface area contributed by atoms with Crippen molar-refractivity contribution in [1.82, 2.24) is 10.7 Å². The van der Waals surface area contributed by atoms with E-state index in [0.29, 0.717) is 5.11 Å². The lowest BCUT2D eigenvalue weighted by Gasteiger charge is -2.02. The second-order valence-electron chi connectivity index (χ2n) is 3.53. The molecule has 0 bridgehead atoms. The minimum Gasteiger partial charge on any atom is -0.362 e. The van der Waals surface area contributed by atoms with E-state index in [0.717, 1.165) is 17.7 Å². The molecule has 0 amide bonds. The second-order valence-corrected chi connectivity index (χ2v) is 3.94. The largest absolute Gasteiger partial charge is 0.362 e. The minimum atomic E-state index is 0.538. The van der Waals surface area contributed by atoms with Crippen LogP contribution in [0, 0.1) is 0 Å². The highest BCUT2D eigenvalue weighted by Gasteiger charge is 1.89. The Morgan fingerprint density at radius 1 is 1.35 bits per heavy atom. The Morgan fingerprint density at radius 3 is 2.71 bits per heavy atom. The van der Waals surface area contributed by atoms with E-state index < -0.39 is 0 Å². The number of rotatable bonds is 4. The van der Waals surface area contributed by atoms with Crippen LogP contribution in [0.25, 0.3) is 6.08 Å². The van der Waals surface area contributed by atoms with Crippen LogP contribution in [0.1, 0.15) is 19.4 Å². The molecule has 2 N–H and O–H groups in total. The summed E-state index contributed by atoms with van der Waals surface area (Å²) in [7, 11) is 0. The Labute approximate surface area is 108 Å². The number of hydrogen-bond acceptors (Lipinski definition) is 2. The smallest absolute Gasteiger partial charge is 0.186 e. The predicted molar refractivity (Wildman–Crippen MR) is 78.0 cm³/mol.